The molecule has 0 amide bonds. The van der Waals surface area contributed by atoms with Crippen molar-refractivity contribution in [1.29, 1.82) is 5.26 Å². The molecule has 4 heteroatoms. The predicted octanol–water partition coefficient (Wildman–Crippen LogP) is 4.79. The van der Waals surface area contributed by atoms with Gasteiger partial charge in [0.2, 0.25) is 0 Å². The Hall–Kier alpha value is -0.300. The van der Waals surface area contributed by atoms with Gasteiger partial charge in [0.25, 0.3) is 0 Å². The fourth-order valence-electron chi connectivity index (χ4n) is 1.89. The van der Waals surface area contributed by atoms with E-state index in [1.807, 2.05) is 0 Å². The average molecular weight is 320 g/mol. The molecule has 0 saturated carbocycles. The van der Waals surface area contributed by atoms with Gasteiger partial charge in [0.15, 0.2) is 0 Å². The topological polar surface area (TPSA) is 61.8 Å². The van der Waals surface area contributed by atoms with E-state index in [4.69, 9.17) is 11.0 Å². The van der Waals surface area contributed by atoms with E-state index in [0.717, 1.165) is 6.54 Å². The molecule has 0 radical (unpaired) electrons. The molecule has 3 nitrogen and oxygen atoms in total. The molecule has 0 heterocycles. The maximum Gasteiger partial charge on any atom is 0.0635 e. The van der Waals surface area contributed by atoms with Crippen LogP contribution in [-0.4, -0.2) is 18.6 Å². The Labute approximate surface area is 139 Å². The summed E-state index contributed by atoms with van der Waals surface area (Å²) in [6.45, 7) is 9.52. The fraction of sp³-hybridized carbons (Fsp3) is 0.941. The van der Waals surface area contributed by atoms with Gasteiger partial charge in [-0.15, -0.1) is 12.4 Å². The summed E-state index contributed by atoms with van der Waals surface area (Å²) in [4.78, 5) is 0. The zero-order valence-electron chi connectivity index (χ0n) is 14.7. The highest BCUT2D eigenvalue weighted by molar-refractivity contribution is 5.85. The van der Waals surface area contributed by atoms with E-state index >= 15 is 0 Å². The maximum absolute atomic E-state index is 8.30. The van der Waals surface area contributed by atoms with E-state index in [9.17, 15) is 0 Å². The Morgan fingerprint density at radius 2 is 1.52 bits per heavy atom. The Bertz CT molecular complexity index is 215. The smallest absolute Gasteiger partial charge is 0.0635 e. The largest absolute Gasteiger partial charge is 0.328 e. The van der Waals surface area contributed by atoms with Crippen LogP contribution in [0.4, 0.5) is 0 Å². The number of nitrogens with two attached hydrogens (primary N) is 1. The third kappa shape index (κ3) is 28.6. The summed E-state index contributed by atoms with van der Waals surface area (Å²) in [5.74, 6) is 0. The lowest BCUT2D eigenvalue weighted by molar-refractivity contribution is 0.493. The SMILES string of the molecule is CCCCC[C@H](C)N.CCCCC[C@H](C)NCCC#N.Cl. The van der Waals surface area contributed by atoms with Crippen molar-refractivity contribution in [3.8, 4) is 6.07 Å². The summed E-state index contributed by atoms with van der Waals surface area (Å²) in [6.07, 6.45) is 10.9. The van der Waals surface area contributed by atoms with Crippen molar-refractivity contribution in [2.75, 3.05) is 6.54 Å². The average Bonchev–Trinajstić information content (AvgIpc) is 2.40. The highest BCUT2D eigenvalue weighted by atomic mass is 35.5. The molecule has 0 fully saturated rings. The lowest BCUT2D eigenvalue weighted by Crippen LogP contribution is -2.26. The number of halogens is 1. The molecular formula is C17H38ClN3. The monoisotopic (exact) mass is 319 g/mol. The summed E-state index contributed by atoms with van der Waals surface area (Å²) in [6, 6.07) is 3.11. The molecule has 0 aromatic carbocycles. The van der Waals surface area contributed by atoms with Gasteiger partial charge in [-0.25, -0.2) is 0 Å². The van der Waals surface area contributed by atoms with E-state index in [-0.39, 0.29) is 12.4 Å². The van der Waals surface area contributed by atoms with Gasteiger partial charge in [-0.3, -0.25) is 0 Å². The molecule has 0 aliphatic carbocycles. The lowest BCUT2D eigenvalue weighted by atomic mass is 10.1. The summed E-state index contributed by atoms with van der Waals surface area (Å²) in [5.41, 5.74) is 5.53. The minimum atomic E-state index is 0. The van der Waals surface area contributed by atoms with E-state index in [1.165, 1.54) is 51.4 Å². The lowest BCUT2D eigenvalue weighted by Gasteiger charge is -2.11. The Balaban J connectivity index is -0.000000317. The summed E-state index contributed by atoms with van der Waals surface area (Å²) >= 11 is 0. The molecular weight excluding hydrogens is 282 g/mol. The first-order chi connectivity index (χ1) is 9.58. The molecule has 0 aromatic heterocycles. The Kier molecular flexibility index (Phi) is 26.8. The number of hydrogen-bond donors (Lipinski definition) is 2. The first-order valence-electron chi connectivity index (χ1n) is 8.44. The molecule has 2 atom stereocenters. The van der Waals surface area contributed by atoms with Gasteiger partial charge >= 0.3 is 0 Å². The highest BCUT2D eigenvalue weighted by Crippen LogP contribution is 2.02. The predicted molar refractivity (Wildman–Crippen MR) is 96.9 cm³/mol. The van der Waals surface area contributed by atoms with Crippen LogP contribution in [0.3, 0.4) is 0 Å². The summed E-state index contributed by atoms with van der Waals surface area (Å²) in [7, 11) is 0. The third-order valence-electron chi connectivity index (χ3n) is 3.23. The van der Waals surface area contributed by atoms with E-state index in [1.54, 1.807) is 0 Å². The van der Waals surface area contributed by atoms with Crippen molar-refractivity contribution in [2.45, 2.75) is 97.6 Å². The van der Waals surface area contributed by atoms with Gasteiger partial charge in [-0.2, -0.15) is 5.26 Å². The van der Waals surface area contributed by atoms with Crippen molar-refractivity contribution in [3.05, 3.63) is 0 Å². The minimum Gasteiger partial charge on any atom is -0.328 e. The van der Waals surface area contributed by atoms with Crippen molar-refractivity contribution >= 4 is 12.4 Å². The zero-order valence-corrected chi connectivity index (χ0v) is 15.5. The second-order valence-corrected chi connectivity index (χ2v) is 5.73. The number of hydrogen-bond acceptors (Lipinski definition) is 3. The molecule has 0 bridgehead atoms. The van der Waals surface area contributed by atoms with Crippen LogP contribution >= 0.6 is 12.4 Å². The first-order valence-corrected chi connectivity index (χ1v) is 8.44. The molecule has 0 aliphatic rings. The maximum atomic E-state index is 8.30. The van der Waals surface area contributed by atoms with Crippen LogP contribution in [0.2, 0.25) is 0 Å². The van der Waals surface area contributed by atoms with Crippen LogP contribution in [0.1, 0.15) is 85.5 Å². The van der Waals surface area contributed by atoms with Crippen LogP contribution in [0, 0.1) is 11.3 Å². The highest BCUT2D eigenvalue weighted by Gasteiger charge is 1.98. The summed E-state index contributed by atoms with van der Waals surface area (Å²) < 4.78 is 0. The molecule has 128 valence electrons. The van der Waals surface area contributed by atoms with E-state index < -0.39 is 0 Å². The Morgan fingerprint density at radius 3 is 1.95 bits per heavy atom. The van der Waals surface area contributed by atoms with Gasteiger partial charge in [-0.05, 0) is 26.7 Å². The number of nitriles is 1. The van der Waals surface area contributed by atoms with Gasteiger partial charge < -0.3 is 11.1 Å². The molecule has 0 aliphatic heterocycles. The van der Waals surface area contributed by atoms with Gasteiger partial charge in [0, 0.05) is 25.0 Å². The second-order valence-electron chi connectivity index (χ2n) is 5.73. The fourth-order valence-corrected chi connectivity index (χ4v) is 1.89. The normalized spacial score (nSPS) is 12.4. The third-order valence-corrected chi connectivity index (χ3v) is 3.23. The minimum absolute atomic E-state index is 0. The summed E-state index contributed by atoms with van der Waals surface area (Å²) in [5, 5.41) is 11.6. The van der Waals surface area contributed by atoms with Crippen molar-refractivity contribution < 1.29 is 0 Å². The quantitative estimate of drug-likeness (QED) is 0.538. The van der Waals surface area contributed by atoms with Crippen LogP contribution in [0.15, 0.2) is 0 Å². The number of rotatable bonds is 11. The molecule has 0 rings (SSSR count). The van der Waals surface area contributed by atoms with Crippen LogP contribution < -0.4 is 11.1 Å². The van der Waals surface area contributed by atoms with Gasteiger partial charge in [0.1, 0.15) is 0 Å². The zero-order chi connectivity index (χ0) is 15.6. The number of unbranched alkanes of at least 4 members (excludes halogenated alkanes) is 4. The molecule has 0 aromatic rings. The molecule has 3 N–H and O–H groups in total. The van der Waals surface area contributed by atoms with Crippen LogP contribution in [0.25, 0.3) is 0 Å². The molecule has 21 heavy (non-hydrogen) atoms. The van der Waals surface area contributed by atoms with Crippen molar-refractivity contribution in [3.63, 3.8) is 0 Å². The molecule has 0 unspecified atom stereocenters. The van der Waals surface area contributed by atoms with E-state index in [0.29, 0.717) is 18.5 Å². The van der Waals surface area contributed by atoms with Crippen molar-refractivity contribution in [2.24, 2.45) is 5.73 Å². The standard InChI is InChI=1S/C10H20N2.C7H17N.ClH/c1-3-4-5-7-10(2)12-9-6-8-11;1-3-4-5-6-7(2)8;/h10,12H,3-7,9H2,1-2H3;7H,3-6,8H2,1-2H3;1H/t10-;7-;/m00./s1. The Morgan fingerprint density at radius 1 is 1.00 bits per heavy atom. The number of nitrogens with one attached hydrogen (secondary N) is 1. The van der Waals surface area contributed by atoms with Crippen LogP contribution in [0.5, 0.6) is 0 Å². The van der Waals surface area contributed by atoms with Crippen molar-refractivity contribution in [1.82, 2.24) is 5.32 Å². The number of nitrogens with zero attached hydrogens (tertiary/aromatic N) is 1. The van der Waals surface area contributed by atoms with Crippen LogP contribution in [-0.2, 0) is 0 Å². The second kappa shape index (κ2) is 22.0. The molecule has 0 spiro atoms. The van der Waals surface area contributed by atoms with Gasteiger partial charge in [0.05, 0.1) is 6.07 Å². The van der Waals surface area contributed by atoms with Gasteiger partial charge in [-0.1, -0.05) is 52.4 Å². The van der Waals surface area contributed by atoms with E-state index in [2.05, 4.69) is 39.1 Å². The molecule has 0 saturated heterocycles. The first kappa shape index (κ1) is 25.6.